The number of ether oxygens (including phenoxy) is 1. The summed E-state index contributed by atoms with van der Waals surface area (Å²) in [5.74, 6) is 0.417. The number of rotatable bonds is 10. The van der Waals surface area contributed by atoms with Crippen LogP contribution in [0.2, 0.25) is 5.02 Å². The Balaban J connectivity index is 1.88. The van der Waals surface area contributed by atoms with Gasteiger partial charge in [0.25, 0.3) is 5.91 Å². The third-order valence-electron chi connectivity index (χ3n) is 3.91. The van der Waals surface area contributed by atoms with Crippen molar-refractivity contribution < 1.29 is 9.53 Å². The number of hydrogen-bond acceptors (Lipinski definition) is 3. The van der Waals surface area contributed by atoms with Gasteiger partial charge in [-0.3, -0.25) is 4.79 Å². The Morgan fingerprint density at radius 3 is 2.62 bits per heavy atom. The van der Waals surface area contributed by atoms with Crippen LogP contribution in [0.1, 0.15) is 54.9 Å². The Morgan fingerprint density at radius 2 is 1.81 bits per heavy atom. The second kappa shape index (κ2) is 11.3. The lowest BCUT2D eigenvalue weighted by Crippen LogP contribution is -2.18. The largest absolute Gasteiger partial charge is 0.493 e. The zero-order chi connectivity index (χ0) is 18.6. The van der Waals surface area contributed by atoms with E-state index in [1.165, 1.54) is 25.7 Å². The maximum Gasteiger partial charge on any atom is 0.272 e. The third-order valence-corrected chi connectivity index (χ3v) is 4.24. The summed E-state index contributed by atoms with van der Waals surface area (Å²) in [5.41, 5.74) is 3.71. The molecule has 26 heavy (non-hydrogen) atoms. The first-order valence-electron chi connectivity index (χ1n) is 9.02. The average Bonchev–Trinajstić information content (AvgIpc) is 2.66. The van der Waals surface area contributed by atoms with Crippen molar-refractivity contribution in [1.29, 1.82) is 0 Å². The van der Waals surface area contributed by atoms with Gasteiger partial charge in [-0.1, -0.05) is 68.5 Å². The summed E-state index contributed by atoms with van der Waals surface area (Å²) in [6.07, 6.45) is 7.55. The molecule has 0 aliphatic carbocycles. The molecule has 0 heterocycles. The molecule has 138 valence electrons. The number of benzene rings is 2. The van der Waals surface area contributed by atoms with E-state index >= 15 is 0 Å². The van der Waals surface area contributed by atoms with Gasteiger partial charge in [0.05, 0.1) is 23.4 Å². The van der Waals surface area contributed by atoms with E-state index in [0.717, 1.165) is 17.7 Å². The lowest BCUT2D eigenvalue weighted by molar-refractivity contribution is 0.0955. The Hall–Kier alpha value is -2.33. The van der Waals surface area contributed by atoms with E-state index in [9.17, 15) is 4.79 Å². The minimum Gasteiger partial charge on any atom is -0.493 e. The first-order chi connectivity index (χ1) is 12.7. The fourth-order valence-corrected chi connectivity index (χ4v) is 2.69. The topological polar surface area (TPSA) is 50.7 Å². The molecule has 0 saturated carbocycles. The predicted molar refractivity (Wildman–Crippen MR) is 107 cm³/mol. The zero-order valence-electron chi connectivity index (χ0n) is 15.1. The van der Waals surface area contributed by atoms with Gasteiger partial charge < -0.3 is 4.74 Å². The number of unbranched alkanes of at least 4 members (excludes halogenated alkanes) is 4. The van der Waals surface area contributed by atoms with E-state index in [4.69, 9.17) is 16.3 Å². The maximum absolute atomic E-state index is 12.1. The highest BCUT2D eigenvalue weighted by atomic mass is 35.5. The Labute approximate surface area is 160 Å². The van der Waals surface area contributed by atoms with E-state index in [2.05, 4.69) is 17.5 Å². The van der Waals surface area contributed by atoms with Crippen LogP contribution in [0.25, 0.3) is 0 Å². The molecule has 0 aliphatic rings. The number of amides is 1. The van der Waals surface area contributed by atoms with Crippen molar-refractivity contribution >= 4 is 23.7 Å². The Bertz CT molecular complexity index is 731. The van der Waals surface area contributed by atoms with Crippen LogP contribution in [0.15, 0.2) is 53.6 Å². The number of hydrogen-bond donors (Lipinski definition) is 1. The highest BCUT2D eigenvalue weighted by molar-refractivity contribution is 6.33. The van der Waals surface area contributed by atoms with Crippen molar-refractivity contribution in [3.05, 3.63) is 64.7 Å². The van der Waals surface area contributed by atoms with Crippen LogP contribution >= 0.6 is 11.6 Å². The Morgan fingerprint density at radius 1 is 1.08 bits per heavy atom. The highest BCUT2D eigenvalue weighted by Crippen LogP contribution is 2.17. The molecule has 0 radical (unpaired) electrons. The van der Waals surface area contributed by atoms with Gasteiger partial charge in [0, 0.05) is 5.56 Å². The third kappa shape index (κ3) is 6.52. The van der Waals surface area contributed by atoms with Crippen molar-refractivity contribution in [1.82, 2.24) is 5.43 Å². The lowest BCUT2D eigenvalue weighted by Gasteiger charge is -2.09. The quantitative estimate of drug-likeness (QED) is 0.342. The number of hydrazone groups is 1. The van der Waals surface area contributed by atoms with Crippen LogP contribution in [0.3, 0.4) is 0 Å². The SMILES string of the molecule is CCCCCCCOc1ccccc1/C=N\NC(=O)c1ccccc1Cl. The van der Waals surface area contributed by atoms with Crippen LogP contribution in [0, 0.1) is 0 Å². The Kier molecular flexibility index (Phi) is 8.70. The molecule has 2 rings (SSSR count). The molecule has 0 fully saturated rings. The standard InChI is InChI=1S/C21H25ClN2O2/c1-2-3-4-5-10-15-26-20-14-9-6-11-17(20)16-23-24-21(25)18-12-7-8-13-19(18)22/h6-9,11-14,16H,2-5,10,15H2,1H3,(H,24,25)/b23-16-. The fraction of sp³-hybridized carbons (Fsp3) is 0.333. The molecule has 0 atom stereocenters. The smallest absolute Gasteiger partial charge is 0.272 e. The van der Waals surface area contributed by atoms with E-state index in [0.29, 0.717) is 17.2 Å². The van der Waals surface area contributed by atoms with E-state index in [-0.39, 0.29) is 5.91 Å². The summed E-state index contributed by atoms with van der Waals surface area (Å²) in [6.45, 7) is 2.89. The van der Waals surface area contributed by atoms with Crippen molar-refractivity contribution in [2.24, 2.45) is 5.10 Å². The van der Waals surface area contributed by atoms with Crippen LogP contribution in [0.4, 0.5) is 0 Å². The van der Waals surface area contributed by atoms with E-state index in [1.807, 2.05) is 24.3 Å². The van der Waals surface area contributed by atoms with Gasteiger partial charge in [-0.05, 0) is 30.7 Å². The first-order valence-corrected chi connectivity index (χ1v) is 9.40. The van der Waals surface area contributed by atoms with Gasteiger partial charge in [-0.15, -0.1) is 0 Å². The average molecular weight is 373 g/mol. The van der Waals surface area contributed by atoms with Crippen molar-refractivity contribution in [2.45, 2.75) is 39.0 Å². The molecule has 0 spiro atoms. The van der Waals surface area contributed by atoms with Gasteiger partial charge in [0.1, 0.15) is 5.75 Å². The van der Waals surface area contributed by atoms with Crippen molar-refractivity contribution in [3.63, 3.8) is 0 Å². The zero-order valence-corrected chi connectivity index (χ0v) is 15.8. The second-order valence-electron chi connectivity index (χ2n) is 5.98. The van der Waals surface area contributed by atoms with Crippen LogP contribution < -0.4 is 10.2 Å². The van der Waals surface area contributed by atoms with Crippen LogP contribution in [-0.4, -0.2) is 18.7 Å². The molecule has 2 aromatic carbocycles. The summed E-state index contributed by atoms with van der Waals surface area (Å²) >= 11 is 6.01. The van der Waals surface area contributed by atoms with Gasteiger partial charge in [0.15, 0.2) is 0 Å². The highest BCUT2D eigenvalue weighted by Gasteiger charge is 2.08. The number of carbonyl (C=O) groups is 1. The number of halogens is 1. The van der Waals surface area contributed by atoms with Gasteiger partial charge in [-0.2, -0.15) is 5.10 Å². The van der Waals surface area contributed by atoms with Crippen LogP contribution in [-0.2, 0) is 0 Å². The molecule has 0 unspecified atom stereocenters. The second-order valence-corrected chi connectivity index (χ2v) is 6.39. The summed E-state index contributed by atoms with van der Waals surface area (Å²) in [5, 5.41) is 4.42. The molecule has 2 aromatic rings. The molecule has 5 heteroatoms. The van der Waals surface area contributed by atoms with Crippen molar-refractivity contribution in [3.8, 4) is 5.75 Å². The van der Waals surface area contributed by atoms with Gasteiger partial charge >= 0.3 is 0 Å². The molecule has 1 amide bonds. The number of para-hydroxylation sites is 1. The molecule has 0 saturated heterocycles. The minimum atomic E-state index is -0.346. The summed E-state index contributed by atoms with van der Waals surface area (Å²) in [4.78, 5) is 12.1. The monoisotopic (exact) mass is 372 g/mol. The fourth-order valence-electron chi connectivity index (χ4n) is 2.47. The minimum absolute atomic E-state index is 0.346. The number of carbonyl (C=O) groups excluding carboxylic acids is 1. The number of nitrogens with zero attached hydrogens (tertiary/aromatic N) is 1. The van der Waals surface area contributed by atoms with E-state index < -0.39 is 0 Å². The molecule has 1 N–H and O–H groups in total. The summed E-state index contributed by atoms with van der Waals surface area (Å²) in [7, 11) is 0. The van der Waals surface area contributed by atoms with Crippen LogP contribution in [0.5, 0.6) is 5.75 Å². The number of nitrogens with one attached hydrogen (secondary N) is 1. The summed E-state index contributed by atoms with van der Waals surface area (Å²) < 4.78 is 5.85. The maximum atomic E-state index is 12.1. The van der Waals surface area contributed by atoms with Gasteiger partial charge in [0.2, 0.25) is 0 Å². The molecule has 4 nitrogen and oxygen atoms in total. The molecule has 0 aliphatic heterocycles. The molecule has 0 aromatic heterocycles. The molecular weight excluding hydrogens is 348 g/mol. The lowest BCUT2D eigenvalue weighted by atomic mass is 10.2. The predicted octanol–water partition coefficient (Wildman–Crippen LogP) is 5.45. The molecular formula is C21H25ClN2O2. The van der Waals surface area contributed by atoms with Crippen molar-refractivity contribution in [2.75, 3.05) is 6.61 Å². The normalized spacial score (nSPS) is 10.8. The van der Waals surface area contributed by atoms with Gasteiger partial charge in [-0.25, -0.2) is 5.43 Å². The van der Waals surface area contributed by atoms with E-state index in [1.54, 1.807) is 30.5 Å². The molecule has 0 bridgehead atoms. The first kappa shape index (κ1) is 20.0. The summed E-state index contributed by atoms with van der Waals surface area (Å²) in [6, 6.07) is 14.5.